The second-order valence-corrected chi connectivity index (χ2v) is 11.8. The maximum absolute atomic E-state index is 6.76. The highest BCUT2D eigenvalue weighted by Gasteiger charge is 2.60. The molecule has 0 amide bonds. The Morgan fingerprint density at radius 2 is 0.723 bits per heavy atom. The van der Waals surface area contributed by atoms with Gasteiger partial charge < -0.3 is 0 Å². The summed E-state index contributed by atoms with van der Waals surface area (Å²) in [5, 5.41) is 0.573. The molecule has 0 saturated carbocycles. The van der Waals surface area contributed by atoms with E-state index < -0.39 is 11.3 Å². The normalized spacial score (nSPS) is 16.2. The molecular weight excluding hydrogens is 598 g/mol. The van der Waals surface area contributed by atoms with E-state index in [4.69, 9.17) is 31.6 Å². The number of hydrogen-bond acceptors (Lipinski definition) is 5. The van der Waals surface area contributed by atoms with Crippen LogP contribution in [-0.4, -0.2) is 27.8 Å². The summed E-state index contributed by atoms with van der Waals surface area (Å²) in [6.45, 7) is 0. The fraction of sp³-hybridized carbons (Fsp3) is 0.0488. The molecular formula is C41H28ClN5. The van der Waals surface area contributed by atoms with Crippen LogP contribution in [0.5, 0.6) is 0 Å². The van der Waals surface area contributed by atoms with Gasteiger partial charge in [-0.3, -0.25) is 4.98 Å². The summed E-state index contributed by atoms with van der Waals surface area (Å²) in [5.74, 6) is 0. The maximum atomic E-state index is 6.76. The largest absolute Gasteiger partial charge is 0.265 e. The van der Waals surface area contributed by atoms with Gasteiger partial charge in [0.1, 0.15) is 0 Å². The summed E-state index contributed by atoms with van der Waals surface area (Å²) in [4.78, 5) is 27.0. The predicted molar refractivity (Wildman–Crippen MR) is 191 cm³/mol. The lowest BCUT2D eigenvalue weighted by Gasteiger charge is -2.38. The van der Waals surface area contributed by atoms with Crippen LogP contribution in [0.2, 0.25) is 5.02 Å². The summed E-state index contributed by atoms with van der Waals surface area (Å²) in [5.41, 5.74) is 5.65. The van der Waals surface area contributed by atoms with E-state index in [0.29, 0.717) is 5.02 Å². The van der Waals surface area contributed by atoms with Crippen LogP contribution in [0.4, 0.5) is 0 Å². The molecule has 0 bridgehead atoms. The Morgan fingerprint density at radius 1 is 0.362 bits per heavy atom. The highest BCUT2D eigenvalue weighted by atomic mass is 35.5. The van der Waals surface area contributed by atoms with Crippen molar-refractivity contribution in [3.05, 3.63) is 209 Å². The van der Waals surface area contributed by atoms with Crippen LogP contribution in [0, 0.1) is 0 Å². The molecule has 0 spiro atoms. The van der Waals surface area contributed by atoms with E-state index >= 15 is 0 Å². The summed E-state index contributed by atoms with van der Waals surface area (Å²) in [7, 11) is 0. The highest BCUT2D eigenvalue weighted by Crippen LogP contribution is 2.54. The molecule has 0 aliphatic carbocycles. The molecule has 5 nitrogen and oxygen atoms in total. The minimum atomic E-state index is -1.38. The molecule has 47 heavy (non-hydrogen) atoms. The molecule has 0 fully saturated rings. The third-order valence-corrected chi connectivity index (χ3v) is 8.76. The first-order chi connectivity index (χ1) is 23.2. The van der Waals surface area contributed by atoms with E-state index in [1.165, 1.54) is 0 Å². The fourth-order valence-electron chi connectivity index (χ4n) is 6.36. The van der Waals surface area contributed by atoms with E-state index in [9.17, 15) is 0 Å². The van der Waals surface area contributed by atoms with Crippen LogP contribution in [0.3, 0.4) is 0 Å². The van der Waals surface area contributed by atoms with E-state index in [0.717, 1.165) is 56.2 Å². The van der Waals surface area contributed by atoms with Crippen molar-refractivity contribution < 1.29 is 0 Å². The molecule has 0 N–H and O–H groups in total. The molecule has 0 saturated heterocycles. The average Bonchev–Trinajstić information content (AvgIpc) is 3.76. The third kappa shape index (κ3) is 4.93. The van der Waals surface area contributed by atoms with Gasteiger partial charge in [-0.25, -0.2) is 20.0 Å². The van der Waals surface area contributed by atoms with E-state index in [1.54, 1.807) is 12.4 Å². The molecule has 0 radical (unpaired) electrons. The minimum absolute atomic E-state index is 0.573. The summed E-state index contributed by atoms with van der Waals surface area (Å²) in [6.07, 6.45) is 3.55. The topological polar surface area (TPSA) is 62.3 Å². The van der Waals surface area contributed by atoms with Gasteiger partial charge in [0, 0.05) is 50.8 Å². The standard InChI is InChI=1S/C41H28ClN5/c42-35-23-13-22-34(28-35)41(46-38(31-18-9-3-10-19-31)39(47-41)32-20-11-4-12-21-32)40(33-24-26-43-27-25-33)44-36(29-14-5-1-6-15-29)37(45-40)30-16-7-2-8-17-30/h1-28H. The number of pyridine rings is 1. The number of hydrogen-bond donors (Lipinski definition) is 0. The van der Waals surface area contributed by atoms with Crippen molar-refractivity contribution in [2.75, 3.05) is 0 Å². The van der Waals surface area contributed by atoms with Crippen molar-refractivity contribution in [2.24, 2.45) is 20.0 Å². The average molecular weight is 626 g/mol. The van der Waals surface area contributed by atoms with Gasteiger partial charge in [-0.05, 0) is 24.3 Å². The first kappa shape index (κ1) is 28.7. The van der Waals surface area contributed by atoms with Gasteiger partial charge in [-0.1, -0.05) is 145 Å². The second kappa shape index (κ2) is 11.9. The molecule has 8 rings (SSSR count). The summed E-state index contributed by atoms with van der Waals surface area (Å²) in [6, 6.07) is 52.4. The molecule has 1 aromatic heterocycles. The molecule has 6 aromatic rings. The molecule has 0 unspecified atom stereocenters. The van der Waals surface area contributed by atoms with Crippen LogP contribution >= 0.6 is 11.6 Å². The highest BCUT2D eigenvalue weighted by molar-refractivity contribution is 6.55. The zero-order valence-electron chi connectivity index (χ0n) is 25.3. The monoisotopic (exact) mass is 625 g/mol. The minimum Gasteiger partial charge on any atom is -0.265 e. The molecule has 2 aliphatic rings. The number of halogens is 1. The Bertz CT molecular complexity index is 2070. The fourth-order valence-corrected chi connectivity index (χ4v) is 6.55. The van der Waals surface area contributed by atoms with Crippen LogP contribution < -0.4 is 0 Å². The van der Waals surface area contributed by atoms with E-state index in [1.807, 2.05) is 109 Å². The van der Waals surface area contributed by atoms with Crippen LogP contribution in [0.1, 0.15) is 33.4 Å². The number of benzene rings is 5. The zero-order chi connectivity index (χ0) is 31.7. The molecule has 3 heterocycles. The number of aliphatic imine (C=N–C) groups is 4. The molecule has 0 atom stereocenters. The van der Waals surface area contributed by atoms with Crippen LogP contribution in [0.15, 0.2) is 190 Å². The lowest BCUT2D eigenvalue weighted by atomic mass is 9.82. The SMILES string of the molecule is Clc1cccc(C2(C3(c4ccncc4)N=C(c4ccccc4)C(c4ccccc4)=N3)N=C(c3ccccc3)C(c3ccccc3)=N2)c1. The lowest BCUT2D eigenvalue weighted by Crippen LogP contribution is -2.43. The Labute approximate surface area is 278 Å². The predicted octanol–water partition coefficient (Wildman–Crippen LogP) is 8.73. The van der Waals surface area contributed by atoms with Crippen molar-refractivity contribution in [2.45, 2.75) is 11.3 Å². The molecule has 2 aliphatic heterocycles. The van der Waals surface area contributed by atoms with Gasteiger partial charge in [0.2, 0.25) is 11.3 Å². The number of aromatic nitrogens is 1. The molecule has 5 aromatic carbocycles. The van der Waals surface area contributed by atoms with Crippen molar-refractivity contribution in [1.29, 1.82) is 0 Å². The van der Waals surface area contributed by atoms with Gasteiger partial charge in [-0.2, -0.15) is 0 Å². The van der Waals surface area contributed by atoms with E-state index in [2.05, 4.69) is 53.5 Å². The first-order valence-electron chi connectivity index (χ1n) is 15.5. The third-order valence-electron chi connectivity index (χ3n) is 8.53. The Balaban J connectivity index is 1.53. The summed E-state index contributed by atoms with van der Waals surface area (Å²) < 4.78 is 0. The van der Waals surface area contributed by atoms with E-state index in [-0.39, 0.29) is 0 Å². The Morgan fingerprint density at radius 3 is 1.09 bits per heavy atom. The van der Waals surface area contributed by atoms with Gasteiger partial charge in [-0.15, -0.1) is 0 Å². The first-order valence-corrected chi connectivity index (χ1v) is 15.8. The summed E-state index contributed by atoms with van der Waals surface area (Å²) >= 11 is 6.76. The van der Waals surface area contributed by atoms with Gasteiger partial charge in [0.05, 0.1) is 22.8 Å². The molecule has 224 valence electrons. The lowest BCUT2D eigenvalue weighted by molar-refractivity contribution is 0.257. The van der Waals surface area contributed by atoms with Gasteiger partial charge in [0.25, 0.3) is 0 Å². The van der Waals surface area contributed by atoms with Crippen molar-refractivity contribution in [3.8, 4) is 0 Å². The maximum Gasteiger partial charge on any atom is 0.226 e. The smallest absolute Gasteiger partial charge is 0.226 e. The molecule has 6 heteroatoms. The Kier molecular flexibility index (Phi) is 7.24. The van der Waals surface area contributed by atoms with Gasteiger partial charge in [0.15, 0.2) is 0 Å². The van der Waals surface area contributed by atoms with Crippen LogP contribution in [-0.2, 0) is 11.3 Å². The van der Waals surface area contributed by atoms with Crippen molar-refractivity contribution in [3.63, 3.8) is 0 Å². The quantitative estimate of drug-likeness (QED) is 0.175. The Hall–Kier alpha value is -5.78. The number of rotatable bonds is 7. The van der Waals surface area contributed by atoms with Crippen molar-refractivity contribution in [1.82, 2.24) is 4.98 Å². The van der Waals surface area contributed by atoms with Gasteiger partial charge >= 0.3 is 0 Å². The van der Waals surface area contributed by atoms with Crippen molar-refractivity contribution >= 4 is 34.4 Å². The second-order valence-electron chi connectivity index (χ2n) is 11.4. The van der Waals surface area contributed by atoms with Crippen LogP contribution in [0.25, 0.3) is 0 Å². The number of nitrogens with zero attached hydrogens (tertiary/aromatic N) is 5. The zero-order valence-corrected chi connectivity index (χ0v) is 26.0.